The predicted octanol–water partition coefficient (Wildman–Crippen LogP) is 2.22. The first kappa shape index (κ1) is 12.4. The molecule has 1 fully saturated rings. The number of oxime groups is 1. The lowest BCUT2D eigenvalue weighted by molar-refractivity contribution is 0.279. The topological polar surface area (TPSA) is 61.9 Å². The van der Waals surface area contributed by atoms with Gasteiger partial charge in [0.1, 0.15) is 0 Å². The Morgan fingerprint density at radius 2 is 2.00 bits per heavy atom. The fraction of sp³-hybridized carbons (Fsp3) is 0.583. The van der Waals surface area contributed by atoms with Crippen molar-refractivity contribution in [2.24, 2.45) is 10.9 Å². The van der Waals surface area contributed by atoms with Crippen molar-refractivity contribution in [2.75, 3.05) is 13.1 Å². The van der Waals surface area contributed by atoms with E-state index in [4.69, 9.17) is 10.9 Å². The smallest absolute Gasteiger partial charge is 0.180 e. The Kier molecular flexibility index (Phi) is 4.39. The molecule has 4 nitrogen and oxygen atoms in total. The van der Waals surface area contributed by atoms with E-state index in [1.807, 2.05) is 6.07 Å². The molecule has 0 radical (unpaired) electrons. The third-order valence-corrected chi connectivity index (χ3v) is 4.19. The van der Waals surface area contributed by atoms with E-state index >= 15 is 0 Å². The van der Waals surface area contributed by atoms with Crippen molar-refractivity contribution in [3.8, 4) is 0 Å². The number of hydrogen-bond donors (Lipinski definition) is 2. The standard InChI is InChI=1S/C12H19N3OS/c13-12(14-16)11-6-5-10(17-11)9-15-7-3-1-2-4-8-15/h5-6,16H,1-4,7-9H2,(H2,13,14). The molecular weight excluding hydrogens is 234 g/mol. The highest BCUT2D eigenvalue weighted by Crippen LogP contribution is 2.20. The van der Waals surface area contributed by atoms with Crippen molar-refractivity contribution in [1.29, 1.82) is 0 Å². The Hall–Kier alpha value is -1.07. The first-order chi connectivity index (χ1) is 8.29. The molecule has 0 amide bonds. The van der Waals surface area contributed by atoms with Gasteiger partial charge >= 0.3 is 0 Å². The monoisotopic (exact) mass is 253 g/mol. The summed E-state index contributed by atoms with van der Waals surface area (Å²) in [6.07, 6.45) is 5.32. The highest BCUT2D eigenvalue weighted by atomic mass is 32.1. The Morgan fingerprint density at radius 1 is 1.29 bits per heavy atom. The van der Waals surface area contributed by atoms with Crippen molar-refractivity contribution in [3.63, 3.8) is 0 Å². The van der Waals surface area contributed by atoms with Gasteiger partial charge in [-0.2, -0.15) is 0 Å². The van der Waals surface area contributed by atoms with Crippen molar-refractivity contribution < 1.29 is 5.21 Å². The first-order valence-electron chi connectivity index (χ1n) is 6.08. The molecule has 0 unspecified atom stereocenters. The highest BCUT2D eigenvalue weighted by Gasteiger charge is 2.11. The van der Waals surface area contributed by atoms with Gasteiger partial charge in [0.05, 0.1) is 4.88 Å². The summed E-state index contributed by atoms with van der Waals surface area (Å²) >= 11 is 1.61. The maximum Gasteiger partial charge on any atom is 0.180 e. The van der Waals surface area contributed by atoms with Crippen molar-refractivity contribution in [2.45, 2.75) is 32.2 Å². The van der Waals surface area contributed by atoms with Gasteiger partial charge in [0.2, 0.25) is 0 Å². The van der Waals surface area contributed by atoms with Crippen LogP contribution in [0.5, 0.6) is 0 Å². The van der Waals surface area contributed by atoms with Gasteiger partial charge in [-0.3, -0.25) is 4.90 Å². The lowest BCUT2D eigenvalue weighted by Crippen LogP contribution is -2.23. The molecule has 5 heteroatoms. The minimum atomic E-state index is 0.206. The molecule has 94 valence electrons. The minimum Gasteiger partial charge on any atom is -0.409 e. The van der Waals surface area contributed by atoms with Crippen LogP contribution in [0.2, 0.25) is 0 Å². The summed E-state index contributed by atoms with van der Waals surface area (Å²) in [6, 6.07) is 4.00. The van der Waals surface area contributed by atoms with Gasteiger partial charge in [-0.25, -0.2) is 0 Å². The van der Waals surface area contributed by atoms with Gasteiger partial charge in [0, 0.05) is 11.4 Å². The largest absolute Gasteiger partial charge is 0.409 e. The molecule has 0 atom stereocenters. The molecule has 0 spiro atoms. The van der Waals surface area contributed by atoms with Gasteiger partial charge in [0.25, 0.3) is 0 Å². The molecule has 1 aromatic rings. The number of rotatable bonds is 3. The van der Waals surface area contributed by atoms with E-state index in [-0.39, 0.29) is 5.84 Å². The second kappa shape index (κ2) is 6.02. The van der Waals surface area contributed by atoms with Crippen LogP contribution in [0, 0.1) is 0 Å². The summed E-state index contributed by atoms with van der Waals surface area (Å²) in [6.45, 7) is 3.37. The fourth-order valence-electron chi connectivity index (χ4n) is 2.16. The van der Waals surface area contributed by atoms with Gasteiger partial charge in [-0.15, -0.1) is 11.3 Å². The number of nitrogens with two attached hydrogens (primary N) is 1. The van der Waals surface area contributed by atoms with Gasteiger partial charge < -0.3 is 10.9 Å². The molecule has 1 aliphatic heterocycles. The fourth-order valence-corrected chi connectivity index (χ4v) is 3.11. The number of likely N-dealkylation sites (tertiary alicyclic amines) is 1. The van der Waals surface area contributed by atoms with E-state index in [0.717, 1.165) is 11.4 Å². The Balaban J connectivity index is 1.96. The molecule has 0 aromatic carbocycles. The number of hydrogen-bond acceptors (Lipinski definition) is 4. The molecule has 1 aromatic heterocycles. The van der Waals surface area contributed by atoms with Crippen LogP contribution in [-0.4, -0.2) is 29.0 Å². The quantitative estimate of drug-likeness (QED) is 0.376. The zero-order chi connectivity index (χ0) is 12.1. The molecule has 2 rings (SSSR count). The lowest BCUT2D eigenvalue weighted by atomic mass is 10.2. The number of nitrogens with zero attached hydrogens (tertiary/aromatic N) is 2. The van der Waals surface area contributed by atoms with Crippen LogP contribution in [0.1, 0.15) is 35.4 Å². The molecule has 0 aliphatic carbocycles. The third-order valence-electron chi connectivity index (χ3n) is 3.10. The lowest BCUT2D eigenvalue weighted by Gasteiger charge is -2.18. The molecule has 1 aliphatic rings. The van der Waals surface area contributed by atoms with Crippen molar-refractivity contribution >= 4 is 17.2 Å². The van der Waals surface area contributed by atoms with E-state index < -0.39 is 0 Å². The predicted molar refractivity (Wildman–Crippen MR) is 70.6 cm³/mol. The van der Waals surface area contributed by atoms with E-state index in [2.05, 4.69) is 16.1 Å². The highest BCUT2D eigenvalue weighted by molar-refractivity contribution is 7.14. The number of amidine groups is 1. The van der Waals surface area contributed by atoms with Crippen LogP contribution in [0.25, 0.3) is 0 Å². The maximum absolute atomic E-state index is 8.62. The second-order valence-electron chi connectivity index (χ2n) is 4.44. The Bertz CT molecular complexity index is 381. The summed E-state index contributed by atoms with van der Waals surface area (Å²) in [4.78, 5) is 4.63. The Labute approximate surface area is 106 Å². The molecule has 2 heterocycles. The average Bonchev–Trinajstić information content (AvgIpc) is 2.65. The van der Waals surface area contributed by atoms with E-state index in [0.29, 0.717) is 0 Å². The van der Waals surface area contributed by atoms with Gasteiger partial charge in [-0.1, -0.05) is 18.0 Å². The SMILES string of the molecule is NC(=NO)c1ccc(CN2CCCCCC2)s1. The molecule has 17 heavy (non-hydrogen) atoms. The molecular formula is C12H19N3OS. The molecule has 3 N–H and O–H groups in total. The van der Waals surface area contributed by atoms with Crippen LogP contribution in [-0.2, 0) is 6.54 Å². The van der Waals surface area contributed by atoms with Crippen LogP contribution in [0.15, 0.2) is 17.3 Å². The van der Waals surface area contributed by atoms with Gasteiger partial charge in [0.15, 0.2) is 5.84 Å². The van der Waals surface area contributed by atoms with E-state index in [1.54, 1.807) is 11.3 Å². The van der Waals surface area contributed by atoms with Crippen molar-refractivity contribution in [1.82, 2.24) is 4.90 Å². The average molecular weight is 253 g/mol. The summed E-state index contributed by atoms with van der Waals surface area (Å²) in [5.41, 5.74) is 5.56. The van der Waals surface area contributed by atoms with Crippen LogP contribution >= 0.6 is 11.3 Å². The van der Waals surface area contributed by atoms with Crippen molar-refractivity contribution in [3.05, 3.63) is 21.9 Å². The maximum atomic E-state index is 8.62. The zero-order valence-corrected chi connectivity index (χ0v) is 10.7. The third kappa shape index (κ3) is 3.44. The van der Waals surface area contributed by atoms with Gasteiger partial charge in [-0.05, 0) is 38.1 Å². The van der Waals surface area contributed by atoms with Crippen LogP contribution < -0.4 is 5.73 Å². The summed E-state index contributed by atoms with van der Waals surface area (Å²) in [5.74, 6) is 0.206. The van der Waals surface area contributed by atoms with Crippen LogP contribution in [0.4, 0.5) is 0 Å². The Morgan fingerprint density at radius 3 is 2.65 bits per heavy atom. The van der Waals surface area contributed by atoms with Crippen LogP contribution in [0.3, 0.4) is 0 Å². The normalized spacial score (nSPS) is 19.2. The molecule has 0 saturated carbocycles. The summed E-state index contributed by atoms with van der Waals surface area (Å²) in [7, 11) is 0. The zero-order valence-electron chi connectivity index (χ0n) is 9.93. The summed E-state index contributed by atoms with van der Waals surface area (Å²) in [5, 5.41) is 11.6. The molecule has 1 saturated heterocycles. The first-order valence-corrected chi connectivity index (χ1v) is 6.90. The minimum absolute atomic E-state index is 0.206. The summed E-state index contributed by atoms with van der Waals surface area (Å²) < 4.78 is 0. The van der Waals surface area contributed by atoms with E-state index in [9.17, 15) is 0 Å². The second-order valence-corrected chi connectivity index (χ2v) is 5.61. The van der Waals surface area contributed by atoms with E-state index in [1.165, 1.54) is 43.6 Å². The molecule has 0 bridgehead atoms. The number of thiophene rings is 1.